The van der Waals surface area contributed by atoms with E-state index in [4.69, 9.17) is 0 Å². The van der Waals surface area contributed by atoms with Gasteiger partial charge in [0.25, 0.3) is 0 Å². The molecule has 1 heterocycles. The van der Waals surface area contributed by atoms with Crippen LogP contribution in [-0.2, 0) is 6.54 Å². The van der Waals surface area contributed by atoms with Gasteiger partial charge in [0.2, 0.25) is 0 Å². The predicted octanol–water partition coefficient (Wildman–Crippen LogP) is 4.93. The Labute approximate surface area is 185 Å². The van der Waals surface area contributed by atoms with Crippen LogP contribution in [0.3, 0.4) is 0 Å². The van der Waals surface area contributed by atoms with E-state index in [9.17, 15) is 4.79 Å². The number of benzene rings is 3. The summed E-state index contributed by atoms with van der Waals surface area (Å²) in [5.41, 5.74) is 3.60. The maximum atomic E-state index is 13.8. The number of rotatable bonds is 5. The Bertz CT molecular complexity index is 985. The highest BCUT2D eigenvalue weighted by atomic mass is 16.1. The minimum atomic E-state index is 0.0304. The van der Waals surface area contributed by atoms with Gasteiger partial charge in [-0.05, 0) is 24.8 Å². The molecule has 31 heavy (non-hydrogen) atoms. The summed E-state index contributed by atoms with van der Waals surface area (Å²) in [6.07, 6.45) is 5.12. The van der Waals surface area contributed by atoms with Crippen molar-refractivity contribution in [3.05, 3.63) is 108 Å². The van der Waals surface area contributed by atoms with Crippen molar-refractivity contribution in [1.29, 1.82) is 0 Å². The van der Waals surface area contributed by atoms with Gasteiger partial charge < -0.3 is 4.90 Å². The number of likely N-dealkylation sites (tertiary alicyclic amines) is 1. The van der Waals surface area contributed by atoms with Crippen molar-refractivity contribution in [1.82, 2.24) is 0 Å². The zero-order chi connectivity index (χ0) is 21.0. The van der Waals surface area contributed by atoms with Gasteiger partial charge >= 0.3 is 0 Å². The van der Waals surface area contributed by atoms with E-state index in [1.54, 1.807) is 4.90 Å². The molecule has 2 aliphatic rings. The summed E-state index contributed by atoms with van der Waals surface area (Å²) in [6, 6.07) is 32.3. The molecule has 0 spiro atoms. The van der Waals surface area contributed by atoms with Crippen LogP contribution in [-0.4, -0.2) is 18.4 Å². The van der Waals surface area contributed by atoms with Crippen molar-refractivity contribution in [3.63, 3.8) is 0 Å². The first kappa shape index (κ1) is 20.2. The predicted molar refractivity (Wildman–Crippen MR) is 125 cm³/mol. The third-order valence-electron chi connectivity index (χ3n) is 7.57. The topological polar surface area (TPSA) is 21.5 Å². The smallest absolute Gasteiger partial charge is 0.172 e. The van der Waals surface area contributed by atoms with Crippen LogP contribution in [0.25, 0.3) is 0 Å². The van der Waals surface area contributed by atoms with E-state index in [0.717, 1.165) is 18.7 Å². The molecule has 2 fully saturated rings. The number of hydrogen-bond acceptors (Lipinski definition) is 1. The molecule has 5 rings (SSSR count). The molecule has 1 aliphatic carbocycles. The number of ketones is 1. The van der Waals surface area contributed by atoms with E-state index in [1.165, 1.54) is 36.8 Å². The van der Waals surface area contributed by atoms with Crippen molar-refractivity contribution < 1.29 is 9.69 Å². The first-order valence-corrected chi connectivity index (χ1v) is 11.8. The zero-order valence-corrected chi connectivity index (χ0v) is 18.1. The minimum absolute atomic E-state index is 0.0304. The Hall–Kier alpha value is -2.71. The van der Waals surface area contributed by atoms with Crippen LogP contribution in [0, 0.1) is 11.8 Å². The molecule has 0 amide bonds. The van der Waals surface area contributed by atoms with Gasteiger partial charge in [0, 0.05) is 23.0 Å². The molecule has 3 aromatic rings. The molecule has 2 nitrogen and oxygen atoms in total. The van der Waals surface area contributed by atoms with E-state index >= 15 is 0 Å². The molecule has 1 saturated heterocycles. The lowest BCUT2D eigenvalue weighted by Gasteiger charge is -2.49. The second-order valence-electron chi connectivity index (χ2n) is 9.35. The molecule has 3 aromatic carbocycles. The third kappa shape index (κ3) is 4.22. The number of carbonyl (C=O) groups excluding carboxylic acids is 1. The maximum absolute atomic E-state index is 13.8. The van der Waals surface area contributed by atoms with Gasteiger partial charge in [-0.2, -0.15) is 0 Å². The number of Topliss-reactive ketones (excluding diaryl/α,β-unsaturated/α-hetero) is 1. The van der Waals surface area contributed by atoms with Crippen LogP contribution in [0.5, 0.6) is 0 Å². The Morgan fingerprint density at radius 3 is 2.10 bits per heavy atom. The average molecular weight is 411 g/mol. The fourth-order valence-electron chi connectivity index (χ4n) is 6.24. The van der Waals surface area contributed by atoms with Gasteiger partial charge in [-0.15, -0.1) is 0 Å². The lowest BCUT2D eigenvalue weighted by Crippen LogP contribution is -3.17. The Morgan fingerprint density at radius 2 is 1.39 bits per heavy atom. The number of hydrogen-bond donors (Lipinski definition) is 1. The summed E-state index contributed by atoms with van der Waals surface area (Å²) in [7, 11) is 0. The molecular weight excluding hydrogens is 378 g/mol. The minimum Gasteiger partial charge on any atom is -0.328 e. The van der Waals surface area contributed by atoms with Crippen molar-refractivity contribution in [3.8, 4) is 0 Å². The largest absolute Gasteiger partial charge is 0.328 e. The summed E-state index contributed by atoms with van der Waals surface area (Å²) in [5.74, 6) is 1.24. The number of fused-ring (bicyclic) bond motifs is 1. The Kier molecular flexibility index (Phi) is 5.99. The molecule has 5 atom stereocenters. The van der Waals surface area contributed by atoms with Gasteiger partial charge in [0.1, 0.15) is 6.54 Å². The summed E-state index contributed by atoms with van der Waals surface area (Å²) in [4.78, 5) is 15.5. The Morgan fingerprint density at radius 1 is 0.774 bits per heavy atom. The molecule has 1 saturated carbocycles. The molecular formula is C29H32NO+. The molecule has 0 aromatic heterocycles. The molecule has 2 heteroatoms. The summed E-state index contributed by atoms with van der Waals surface area (Å²) in [5, 5.41) is 0. The van der Waals surface area contributed by atoms with Crippen LogP contribution >= 0.6 is 0 Å². The van der Waals surface area contributed by atoms with Gasteiger partial charge in [0.05, 0.1) is 18.5 Å². The van der Waals surface area contributed by atoms with Crippen LogP contribution in [0.2, 0.25) is 0 Å². The van der Waals surface area contributed by atoms with Gasteiger partial charge in [-0.25, -0.2) is 0 Å². The van der Waals surface area contributed by atoms with Gasteiger partial charge in [-0.3, -0.25) is 4.79 Å². The van der Waals surface area contributed by atoms with Crippen molar-refractivity contribution in [2.75, 3.05) is 6.54 Å². The first-order chi connectivity index (χ1) is 15.3. The summed E-state index contributed by atoms with van der Waals surface area (Å²) in [6.45, 7) is 1.94. The first-order valence-electron chi connectivity index (χ1n) is 11.8. The van der Waals surface area contributed by atoms with Gasteiger partial charge in [-0.1, -0.05) is 97.4 Å². The number of carbonyl (C=O) groups is 1. The Balaban J connectivity index is 1.53. The van der Waals surface area contributed by atoms with E-state index in [2.05, 4.69) is 60.7 Å². The monoisotopic (exact) mass is 410 g/mol. The van der Waals surface area contributed by atoms with E-state index in [-0.39, 0.29) is 5.92 Å². The third-order valence-corrected chi connectivity index (χ3v) is 7.57. The summed E-state index contributed by atoms with van der Waals surface area (Å²) < 4.78 is 0. The molecule has 0 radical (unpaired) electrons. The quantitative estimate of drug-likeness (QED) is 0.592. The van der Waals surface area contributed by atoms with E-state index in [1.807, 2.05) is 30.3 Å². The molecule has 1 aliphatic heterocycles. The highest BCUT2D eigenvalue weighted by Gasteiger charge is 2.50. The number of piperidine rings is 1. The second kappa shape index (κ2) is 9.20. The fourth-order valence-corrected chi connectivity index (χ4v) is 6.24. The van der Waals surface area contributed by atoms with Crippen molar-refractivity contribution in [2.24, 2.45) is 11.8 Å². The molecule has 1 unspecified atom stereocenters. The highest BCUT2D eigenvalue weighted by Crippen LogP contribution is 2.43. The molecule has 1 N–H and O–H groups in total. The van der Waals surface area contributed by atoms with E-state index in [0.29, 0.717) is 23.7 Å². The maximum Gasteiger partial charge on any atom is 0.172 e. The van der Waals surface area contributed by atoms with Crippen LogP contribution in [0.15, 0.2) is 91.0 Å². The zero-order valence-electron chi connectivity index (χ0n) is 18.1. The lowest BCUT2D eigenvalue weighted by atomic mass is 9.63. The fraction of sp³-hybridized carbons (Fsp3) is 0.345. The molecule has 0 bridgehead atoms. The van der Waals surface area contributed by atoms with Crippen LogP contribution in [0.4, 0.5) is 0 Å². The van der Waals surface area contributed by atoms with Gasteiger partial charge in [0.15, 0.2) is 5.78 Å². The SMILES string of the molecule is O=C(c1ccccc1)[C@@H]1C[NH+](Cc2ccccc2)[C@H]2CCCC[C@@H]2[C@H]1c1ccccc1. The van der Waals surface area contributed by atoms with Crippen LogP contribution in [0.1, 0.15) is 53.1 Å². The number of quaternary nitrogens is 1. The van der Waals surface area contributed by atoms with Crippen LogP contribution < -0.4 is 4.90 Å². The number of nitrogens with one attached hydrogen (secondary N) is 1. The van der Waals surface area contributed by atoms with Crippen molar-refractivity contribution in [2.45, 2.75) is 44.2 Å². The normalized spacial score (nSPS) is 27.9. The highest BCUT2D eigenvalue weighted by molar-refractivity contribution is 5.98. The molecule has 158 valence electrons. The standard InChI is InChI=1S/C29H31NO/c31-29(24-16-8-3-9-17-24)26-21-30(20-22-12-4-1-5-13-22)27-19-11-10-18-25(27)28(26)23-14-6-2-7-15-23/h1-9,12-17,25-28H,10-11,18-21H2/p+1/t25-,26+,27-,28+/m0/s1. The summed E-state index contributed by atoms with van der Waals surface area (Å²) >= 11 is 0. The second-order valence-corrected chi connectivity index (χ2v) is 9.35. The van der Waals surface area contributed by atoms with Crippen molar-refractivity contribution >= 4 is 5.78 Å². The van der Waals surface area contributed by atoms with E-state index < -0.39 is 0 Å². The average Bonchev–Trinajstić information content (AvgIpc) is 2.85. The lowest BCUT2D eigenvalue weighted by molar-refractivity contribution is -0.952.